The standard InChI is InChI=1S/C22H23NO4S3/c1-18(2)19-13-15-20(16-14-19)28-17-23(29(24,25)21-9-5-3-6-10-21)30(26,27)22-11-7-4-8-12-22/h3-16,18H,17H2,1-2H3. The molecule has 3 aromatic rings. The minimum atomic E-state index is -4.27. The Balaban J connectivity index is 1.98. The van der Waals surface area contributed by atoms with Gasteiger partial charge in [-0.25, -0.2) is 16.8 Å². The van der Waals surface area contributed by atoms with Crippen LogP contribution in [-0.4, -0.2) is 26.4 Å². The molecule has 0 fully saturated rings. The number of sulfonamides is 2. The van der Waals surface area contributed by atoms with Gasteiger partial charge in [0.25, 0.3) is 20.0 Å². The van der Waals surface area contributed by atoms with Gasteiger partial charge in [-0.05, 0) is 47.9 Å². The van der Waals surface area contributed by atoms with Crippen LogP contribution in [0.1, 0.15) is 25.3 Å². The van der Waals surface area contributed by atoms with E-state index in [1.54, 1.807) is 36.4 Å². The van der Waals surface area contributed by atoms with Crippen molar-refractivity contribution in [1.82, 2.24) is 3.71 Å². The zero-order valence-corrected chi connectivity index (χ0v) is 19.1. The summed E-state index contributed by atoms with van der Waals surface area (Å²) in [5, 5.41) is 0. The van der Waals surface area contributed by atoms with Gasteiger partial charge in [-0.15, -0.1) is 11.8 Å². The number of hydrogen-bond donors (Lipinski definition) is 0. The molecule has 0 bridgehead atoms. The number of thioether (sulfide) groups is 1. The number of benzene rings is 3. The van der Waals surface area contributed by atoms with Crippen molar-refractivity contribution in [2.45, 2.75) is 34.5 Å². The Morgan fingerprint density at radius 2 is 1.13 bits per heavy atom. The average molecular weight is 462 g/mol. The van der Waals surface area contributed by atoms with Crippen molar-refractivity contribution < 1.29 is 16.8 Å². The first kappa shape index (κ1) is 22.6. The average Bonchev–Trinajstić information content (AvgIpc) is 2.75. The fourth-order valence-electron chi connectivity index (χ4n) is 2.76. The van der Waals surface area contributed by atoms with E-state index in [-0.39, 0.29) is 15.7 Å². The molecule has 0 aliphatic carbocycles. The minimum Gasteiger partial charge on any atom is -0.206 e. The van der Waals surface area contributed by atoms with E-state index in [1.165, 1.54) is 24.3 Å². The quantitative estimate of drug-likeness (QED) is 0.351. The molecular weight excluding hydrogens is 438 g/mol. The molecule has 0 spiro atoms. The molecule has 3 rings (SSSR count). The first-order valence-corrected chi connectivity index (χ1v) is 13.2. The SMILES string of the molecule is CC(C)c1ccc(SCN(S(=O)(=O)c2ccccc2)S(=O)(=O)c2ccccc2)cc1. The van der Waals surface area contributed by atoms with Crippen LogP contribution in [0.4, 0.5) is 0 Å². The molecule has 0 unspecified atom stereocenters. The normalized spacial score (nSPS) is 12.4. The Hall–Kier alpha value is -2.13. The van der Waals surface area contributed by atoms with Crippen molar-refractivity contribution >= 4 is 31.8 Å². The van der Waals surface area contributed by atoms with E-state index in [0.717, 1.165) is 22.2 Å². The summed E-state index contributed by atoms with van der Waals surface area (Å²) < 4.78 is 53.6. The van der Waals surface area contributed by atoms with E-state index < -0.39 is 20.0 Å². The van der Waals surface area contributed by atoms with Gasteiger partial charge in [-0.1, -0.05) is 66.1 Å². The molecule has 30 heavy (non-hydrogen) atoms. The molecule has 8 heteroatoms. The predicted octanol–water partition coefficient (Wildman–Crippen LogP) is 4.94. The van der Waals surface area contributed by atoms with E-state index in [4.69, 9.17) is 0 Å². The fraction of sp³-hybridized carbons (Fsp3) is 0.182. The molecule has 0 heterocycles. The Morgan fingerprint density at radius 3 is 1.53 bits per heavy atom. The molecule has 0 N–H and O–H groups in total. The number of rotatable bonds is 8. The lowest BCUT2D eigenvalue weighted by molar-refractivity contribution is 0.521. The van der Waals surface area contributed by atoms with Crippen LogP contribution < -0.4 is 0 Å². The van der Waals surface area contributed by atoms with Gasteiger partial charge in [0.05, 0.1) is 15.7 Å². The molecule has 0 radical (unpaired) electrons. The van der Waals surface area contributed by atoms with Crippen LogP contribution in [0.3, 0.4) is 0 Å². The van der Waals surface area contributed by atoms with Gasteiger partial charge in [0, 0.05) is 4.90 Å². The zero-order valence-electron chi connectivity index (χ0n) is 16.7. The monoisotopic (exact) mass is 461 g/mol. The van der Waals surface area contributed by atoms with E-state index in [9.17, 15) is 16.8 Å². The smallest absolute Gasteiger partial charge is 0.206 e. The van der Waals surface area contributed by atoms with Crippen LogP contribution in [-0.2, 0) is 20.0 Å². The molecule has 0 aliphatic heterocycles. The molecule has 0 atom stereocenters. The summed E-state index contributed by atoms with van der Waals surface area (Å²) in [5.41, 5.74) is 1.16. The second-order valence-corrected chi connectivity index (χ2v) is 11.9. The molecule has 0 amide bonds. The number of hydrogen-bond acceptors (Lipinski definition) is 5. The van der Waals surface area contributed by atoms with Crippen molar-refractivity contribution in [3.63, 3.8) is 0 Å². The highest BCUT2D eigenvalue weighted by atomic mass is 32.3. The van der Waals surface area contributed by atoms with Crippen LogP contribution in [0, 0.1) is 0 Å². The van der Waals surface area contributed by atoms with Gasteiger partial charge in [0.15, 0.2) is 0 Å². The summed E-state index contributed by atoms with van der Waals surface area (Å²) in [6.45, 7) is 4.17. The Bertz CT molecular complexity index is 1110. The zero-order chi connectivity index (χ0) is 21.8. The predicted molar refractivity (Wildman–Crippen MR) is 120 cm³/mol. The van der Waals surface area contributed by atoms with Crippen LogP contribution in [0.25, 0.3) is 0 Å². The Labute approximate surface area is 182 Å². The molecular formula is C22H23NO4S3. The molecule has 0 saturated heterocycles. The maximum absolute atomic E-state index is 13.3. The first-order chi connectivity index (χ1) is 14.2. The minimum absolute atomic E-state index is 0.0692. The summed E-state index contributed by atoms with van der Waals surface area (Å²) >= 11 is 1.16. The molecule has 0 aliphatic rings. The Kier molecular flexibility index (Phi) is 7.02. The second-order valence-electron chi connectivity index (χ2n) is 6.91. The molecule has 3 aromatic carbocycles. The highest BCUT2D eigenvalue weighted by molar-refractivity contribution is 8.06. The van der Waals surface area contributed by atoms with Gasteiger partial charge in [-0.3, -0.25) is 0 Å². The maximum atomic E-state index is 13.3. The summed E-state index contributed by atoms with van der Waals surface area (Å²) in [6, 6.07) is 22.9. The third-order valence-corrected chi connectivity index (χ3v) is 10.1. The van der Waals surface area contributed by atoms with Gasteiger partial charge in [-0.2, -0.15) is 0 Å². The summed E-state index contributed by atoms with van der Waals surface area (Å²) in [7, 11) is -8.55. The van der Waals surface area contributed by atoms with Crippen LogP contribution >= 0.6 is 11.8 Å². The topological polar surface area (TPSA) is 71.5 Å². The van der Waals surface area contributed by atoms with E-state index in [2.05, 4.69) is 13.8 Å². The third-order valence-electron chi connectivity index (χ3n) is 4.50. The van der Waals surface area contributed by atoms with E-state index >= 15 is 0 Å². The van der Waals surface area contributed by atoms with Gasteiger partial charge in [0.2, 0.25) is 0 Å². The molecule has 0 saturated carbocycles. The largest absolute Gasteiger partial charge is 0.257 e. The third kappa shape index (κ3) is 4.95. The van der Waals surface area contributed by atoms with Crippen molar-refractivity contribution in [3.05, 3.63) is 90.5 Å². The Morgan fingerprint density at radius 1 is 0.700 bits per heavy atom. The second kappa shape index (κ2) is 9.34. The van der Waals surface area contributed by atoms with Crippen molar-refractivity contribution in [1.29, 1.82) is 0 Å². The van der Waals surface area contributed by atoms with Gasteiger partial charge in [0.1, 0.15) is 0 Å². The summed E-state index contributed by atoms with van der Waals surface area (Å²) in [6.07, 6.45) is 0. The molecule has 158 valence electrons. The first-order valence-electron chi connectivity index (χ1n) is 9.34. The van der Waals surface area contributed by atoms with E-state index in [0.29, 0.717) is 9.63 Å². The lowest BCUT2D eigenvalue weighted by atomic mass is 10.0. The lowest BCUT2D eigenvalue weighted by Crippen LogP contribution is -2.36. The van der Waals surface area contributed by atoms with Crippen LogP contribution in [0.15, 0.2) is 99.6 Å². The van der Waals surface area contributed by atoms with E-state index in [1.807, 2.05) is 24.3 Å². The number of nitrogens with zero attached hydrogens (tertiary/aromatic N) is 1. The molecule has 0 aromatic heterocycles. The van der Waals surface area contributed by atoms with Crippen LogP contribution in [0.5, 0.6) is 0 Å². The maximum Gasteiger partial charge on any atom is 0.257 e. The summed E-state index contributed by atoms with van der Waals surface area (Å²) in [4.78, 5) is 0.649. The van der Waals surface area contributed by atoms with Crippen molar-refractivity contribution in [3.8, 4) is 0 Å². The fourth-order valence-corrected chi connectivity index (χ4v) is 7.80. The van der Waals surface area contributed by atoms with Gasteiger partial charge >= 0.3 is 0 Å². The van der Waals surface area contributed by atoms with Crippen molar-refractivity contribution in [2.75, 3.05) is 5.88 Å². The highest BCUT2D eigenvalue weighted by Crippen LogP contribution is 2.29. The summed E-state index contributed by atoms with van der Waals surface area (Å²) in [5.74, 6) is 0.104. The van der Waals surface area contributed by atoms with Gasteiger partial charge < -0.3 is 0 Å². The highest BCUT2D eigenvalue weighted by Gasteiger charge is 2.36. The molecule has 5 nitrogen and oxygen atoms in total. The van der Waals surface area contributed by atoms with Crippen molar-refractivity contribution in [2.24, 2.45) is 0 Å². The lowest BCUT2D eigenvalue weighted by Gasteiger charge is -2.22. The van der Waals surface area contributed by atoms with Crippen LogP contribution in [0.2, 0.25) is 0 Å².